The molecule has 1 aromatic rings. The molecule has 1 N–H and O–H groups in total. The van der Waals surface area contributed by atoms with Crippen molar-refractivity contribution in [3.63, 3.8) is 0 Å². The number of nitrogens with zero attached hydrogens (tertiary/aromatic N) is 2. The minimum Gasteiger partial charge on any atom is -0.444 e. The normalized spacial score (nSPS) is 21.9. The van der Waals surface area contributed by atoms with Crippen LogP contribution in [0.25, 0.3) is 0 Å². The van der Waals surface area contributed by atoms with Gasteiger partial charge in [-0.1, -0.05) is 5.16 Å². The minimum absolute atomic E-state index is 0.0760. The molecular formula is C17H22F3N3O4. The maximum absolute atomic E-state index is 12.5. The third-order valence-electron chi connectivity index (χ3n) is 4.77. The number of carbonyl (C=O) groups is 2. The summed E-state index contributed by atoms with van der Waals surface area (Å²) >= 11 is 0. The first-order chi connectivity index (χ1) is 12.4. The van der Waals surface area contributed by atoms with Crippen LogP contribution in [0.2, 0.25) is 0 Å². The van der Waals surface area contributed by atoms with Crippen molar-refractivity contribution in [2.24, 2.45) is 5.41 Å². The molecule has 1 aliphatic heterocycles. The number of hydrogen-bond acceptors (Lipinski definition) is 5. The number of rotatable bonds is 2. The number of amides is 2. The van der Waals surface area contributed by atoms with E-state index < -0.39 is 29.1 Å². The Morgan fingerprint density at radius 2 is 2.00 bits per heavy atom. The van der Waals surface area contributed by atoms with Crippen LogP contribution in [0.1, 0.15) is 56.3 Å². The smallest absolute Gasteiger partial charge is 0.436 e. The van der Waals surface area contributed by atoms with Gasteiger partial charge in [0.1, 0.15) is 5.60 Å². The number of nitrogens with one attached hydrogen (secondary N) is 1. The molecule has 0 bridgehead atoms. The standard InChI is InChI=1S/C17H22F3N3O4/c1-15(2,3)26-14(25)23-8-16(9-23)5-4-10(7-16)21-13(24)11-6-12(22-27-11)17(18,19)20/h6,10H,4-5,7-9H2,1-3H3,(H,21,24). The summed E-state index contributed by atoms with van der Waals surface area (Å²) in [6.45, 7) is 6.50. The van der Waals surface area contributed by atoms with E-state index in [1.807, 2.05) is 0 Å². The second kappa shape index (κ2) is 6.42. The molecule has 1 spiro atoms. The predicted octanol–water partition coefficient (Wildman–Crippen LogP) is 3.21. The van der Waals surface area contributed by atoms with E-state index in [-0.39, 0.29) is 17.6 Å². The quantitative estimate of drug-likeness (QED) is 0.840. The highest BCUT2D eigenvalue weighted by atomic mass is 19.4. The van der Waals surface area contributed by atoms with Gasteiger partial charge in [-0.15, -0.1) is 0 Å². The van der Waals surface area contributed by atoms with Gasteiger partial charge in [-0.3, -0.25) is 4.79 Å². The molecule has 1 aromatic heterocycles. The Hall–Kier alpha value is -2.26. The molecule has 0 aromatic carbocycles. The summed E-state index contributed by atoms with van der Waals surface area (Å²) in [6.07, 6.45) is -2.85. The first kappa shape index (κ1) is 19.5. The average Bonchev–Trinajstić information content (AvgIpc) is 3.10. The molecule has 1 atom stereocenters. The van der Waals surface area contributed by atoms with E-state index >= 15 is 0 Å². The van der Waals surface area contributed by atoms with Gasteiger partial charge in [0.05, 0.1) is 0 Å². The van der Waals surface area contributed by atoms with Crippen LogP contribution in [-0.2, 0) is 10.9 Å². The topological polar surface area (TPSA) is 84.7 Å². The lowest BCUT2D eigenvalue weighted by Crippen LogP contribution is -2.58. The maximum atomic E-state index is 12.5. The molecule has 1 unspecified atom stereocenters. The zero-order valence-electron chi connectivity index (χ0n) is 15.4. The van der Waals surface area contributed by atoms with Crippen molar-refractivity contribution in [1.82, 2.24) is 15.4 Å². The summed E-state index contributed by atoms with van der Waals surface area (Å²) in [4.78, 5) is 25.7. The largest absolute Gasteiger partial charge is 0.444 e. The number of likely N-dealkylation sites (tertiary alicyclic amines) is 1. The molecular weight excluding hydrogens is 367 g/mol. The zero-order valence-corrected chi connectivity index (χ0v) is 15.4. The summed E-state index contributed by atoms with van der Waals surface area (Å²) in [5.41, 5.74) is -1.87. The fraction of sp³-hybridized carbons (Fsp3) is 0.706. The number of aromatic nitrogens is 1. The number of alkyl halides is 3. The number of ether oxygens (including phenoxy) is 1. The molecule has 2 fully saturated rings. The highest BCUT2D eigenvalue weighted by Gasteiger charge is 2.51. The lowest BCUT2D eigenvalue weighted by Gasteiger charge is -2.48. The molecule has 10 heteroatoms. The van der Waals surface area contributed by atoms with Gasteiger partial charge in [-0.05, 0) is 40.0 Å². The predicted molar refractivity (Wildman–Crippen MR) is 86.9 cm³/mol. The van der Waals surface area contributed by atoms with Gasteiger partial charge in [0.15, 0.2) is 5.69 Å². The summed E-state index contributed by atoms with van der Waals surface area (Å²) in [6, 6.07) is 0.408. The number of hydrogen-bond donors (Lipinski definition) is 1. The first-order valence-electron chi connectivity index (χ1n) is 8.70. The van der Waals surface area contributed by atoms with Crippen LogP contribution in [0.4, 0.5) is 18.0 Å². The van der Waals surface area contributed by atoms with Gasteiger partial charge in [-0.25, -0.2) is 4.79 Å². The molecule has 7 nitrogen and oxygen atoms in total. The van der Waals surface area contributed by atoms with Crippen LogP contribution >= 0.6 is 0 Å². The van der Waals surface area contributed by atoms with Crippen LogP contribution in [0.3, 0.4) is 0 Å². The summed E-state index contributed by atoms with van der Waals surface area (Å²) in [7, 11) is 0. The van der Waals surface area contributed by atoms with Gasteiger partial charge in [0.2, 0.25) is 5.76 Å². The van der Waals surface area contributed by atoms with E-state index in [4.69, 9.17) is 4.74 Å². The maximum Gasteiger partial charge on any atom is 0.436 e. The summed E-state index contributed by atoms with van der Waals surface area (Å²) in [5.74, 6) is -1.18. The van der Waals surface area contributed by atoms with E-state index in [1.165, 1.54) is 0 Å². The Bertz CT molecular complexity index is 733. The summed E-state index contributed by atoms with van der Waals surface area (Å²) < 4.78 is 47.4. The van der Waals surface area contributed by atoms with Crippen molar-refractivity contribution in [3.05, 3.63) is 17.5 Å². The molecule has 2 heterocycles. The van der Waals surface area contributed by atoms with Gasteiger partial charge in [0, 0.05) is 30.6 Å². The van der Waals surface area contributed by atoms with Gasteiger partial charge in [-0.2, -0.15) is 13.2 Å². The molecule has 1 saturated heterocycles. The molecule has 0 radical (unpaired) electrons. The Labute approximate surface area is 154 Å². The van der Waals surface area contributed by atoms with Crippen molar-refractivity contribution in [2.45, 2.75) is 57.9 Å². The van der Waals surface area contributed by atoms with Crippen molar-refractivity contribution in [1.29, 1.82) is 0 Å². The lowest BCUT2D eigenvalue weighted by molar-refractivity contribution is -0.142. The van der Waals surface area contributed by atoms with Crippen molar-refractivity contribution < 1.29 is 32.0 Å². The van der Waals surface area contributed by atoms with Crippen LogP contribution < -0.4 is 5.32 Å². The highest BCUT2D eigenvalue weighted by Crippen LogP contribution is 2.46. The van der Waals surface area contributed by atoms with Crippen LogP contribution in [-0.4, -0.2) is 46.8 Å². The molecule has 27 heavy (non-hydrogen) atoms. The molecule has 1 saturated carbocycles. The average molecular weight is 389 g/mol. The van der Waals surface area contributed by atoms with Crippen LogP contribution in [0.5, 0.6) is 0 Å². The van der Waals surface area contributed by atoms with Gasteiger partial charge >= 0.3 is 12.3 Å². The van der Waals surface area contributed by atoms with Gasteiger partial charge < -0.3 is 19.5 Å². The van der Waals surface area contributed by atoms with E-state index in [0.29, 0.717) is 32.0 Å². The van der Waals surface area contributed by atoms with Crippen molar-refractivity contribution in [2.75, 3.05) is 13.1 Å². The number of halogens is 3. The Morgan fingerprint density at radius 1 is 1.33 bits per heavy atom. The zero-order chi connectivity index (χ0) is 20.0. The van der Waals surface area contributed by atoms with E-state index in [1.54, 1.807) is 25.7 Å². The van der Waals surface area contributed by atoms with E-state index in [0.717, 1.165) is 6.42 Å². The first-order valence-corrected chi connectivity index (χ1v) is 8.70. The summed E-state index contributed by atoms with van der Waals surface area (Å²) in [5, 5.41) is 5.57. The highest BCUT2D eigenvalue weighted by molar-refractivity contribution is 5.91. The molecule has 3 rings (SSSR count). The second-order valence-electron chi connectivity index (χ2n) is 8.32. The minimum atomic E-state index is -4.66. The Balaban J connectivity index is 1.50. The third-order valence-corrected chi connectivity index (χ3v) is 4.77. The van der Waals surface area contributed by atoms with Crippen molar-refractivity contribution in [3.8, 4) is 0 Å². The Morgan fingerprint density at radius 3 is 2.56 bits per heavy atom. The van der Waals surface area contributed by atoms with Gasteiger partial charge in [0.25, 0.3) is 5.91 Å². The second-order valence-corrected chi connectivity index (χ2v) is 8.32. The molecule has 1 aliphatic carbocycles. The lowest BCUT2D eigenvalue weighted by atomic mass is 9.78. The van der Waals surface area contributed by atoms with Crippen molar-refractivity contribution >= 4 is 12.0 Å². The van der Waals surface area contributed by atoms with E-state index in [2.05, 4.69) is 15.0 Å². The molecule has 2 amide bonds. The fourth-order valence-electron chi connectivity index (χ4n) is 3.61. The SMILES string of the molecule is CC(C)(C)OC(=O)N1CC2(CCC(NC(=O)c3cc(C(F)(F)F)no3)C2)C1. The molecule has 2 aliphatic rings. The fourth-order valence-corrected chi connectivity index (χ4v) is 3.61. The van der Waals surface area contributed by atoms with E-state index in [9.17, 15) is 22.8 Å². The third kappa shape index (κ3) is 4.36. The monoisotopic (exact) mass is 389 g/mol. The Kier molecular flexibility index (Phi) is 4.63. The molecule has 150 valence electrons. The number of carbonyl (C=O) groups excluding carboxylic acids is 2. The van der Waals surface area contributed by atoms with Crippen LogP contribution in [0.15, 0.2) is 10.6 Å². The van der Waals surface area contributed by atoms with Crippen LogP contribution in [0, 0.1) is 5.41 Å².